The summed E-state index contributed by atoms with van der Waals surface area (Å²) in [5.74, 6) is 2.42. The minimum Gasteiger partial charge on any atom is -0.493 e. The summed E-state index contributed by atoms with van der Waals surface area (Å²) in [6.45, 7) is 1.79. The monoisotopic (exact) mass is 410 g/mol. The Hall–Kier alpha value is -2.75. The molecule has 0 aliphatic heterocycles. The van der Waals surface area contributed by atoms with Crippen LogP contribution in [-0.4, -0.2) is 30.5 Å². The third kappa shape index (κ3) is 3.38. The fourth-order valence-corrected chi connectivity index (χ4v) is 6.08. The second kappa shape index (κ2) is 7.50. The van der Waals surface area contributed by atoms with Gasteiger partial charge < -0.3 is 20.9 Å². The molecule has 3 unspecified atom stereocenters. The summed E-state index contributed by atoms with van der Waals surface area (Å²) in [5.41, 5.74) is 10.9. The van der Waals surface area contributed by atoms with Gasteiger partial charge in [0.25, 0.3) is 0 Å². The number of nitrogens with zero attached hydrogens (tertiary/aromatic N) is 2. The molecular formula is C23H30N4O3. The summed E-state index contributed by atoms with van der Waals surface area (Å²) in [6.07, 6.45) is 4.70. The average molecular weight is 411 g/mol. The van der Waals surface area contributed by atoms with Crippen LogP contribution in [-0.2, 0) is 4.79 Å². The molecule has 0 radical (unpaired) electrons. The second-order valence-corrected chi connectivity index (χ2v) is 9.44. The van der Waals surface area contributed by atoms with E-state index in [-0.39, 0.29) is 23.8 Å². The van der Waals surface area contributed by atoms with Crippen molar-refractivity contribution in [2.45, 2.75) is 57.1 Å². The van der Waals surface area contributed by atoms with E-state index in [0.717, 1.165) is 32.1 Å². The van der Waals surface area contributed by atoms with Gasteiger partial charge in [-0.1, -0.05) is 12.1 Å². The Labute approximate surface area is 177 Å². The van der Waals surface area contributed by atoms with E-state index in [1.807, 2.05) is 12.1 Å². The first-order valence-electron chi connectivity index (χ1n) is 10.6. The number of rotatable bonds is 7. The van der Waals surface area contributed by atoms with Crippen molar-refractivity contribution in [3.63, 3.8) is 0 Å². The highest BCUT2D eigenvalue weighted by Crippen LogP contribution is 2.60. The molecule has 1 amide bonds. The molecule has 5 rings (SSSR count). The topological polar surface area (TPSA) is 124 Å². The van der Waals surface area contributed by atoms with Crippen molar-refractivity contribution >= 4 is 11.7 Å². The van der Waals surface area contributed by atoms with Crippen LogP contribution < -0.4 is 20.9 Å². The van der Waals surface area contributed by atoms with Gasteiger partial charge in [-0.05, 0) is 68.9 Å². The lowest BCUT2D eigenvalue weighted by molar-refractivity contribution is -0.144. The van der Waals surface area contributed by atoms with Crippen LogP contribution in [0, 0.1) is 34.5 Å². The van der Waals surface area contributed by atoms with Gasteiger partial charge in [-0.3, -0.25) is 9.79 Å². The van der Waals surface area contributed by atoms with Gasteiger partial charge >= 0.3 is 0 Å². The zero-order valence-corrected chi connectivity index (χ0v) is 17.6. The van der Waals surface area contributed by atoms with Crippen molar-refractivity contribution in [1.29, 1.82) is 5.26 Å². The molecule has 0 heterocycles. The number of ether oxygens (including phenoxy) is 2. The molecule has 4 fully saturated rings. The molecule has 3 atom stereocenters. The molecule has 7 heteroatoms. The molecule has 4 aliphatic carbocycles. The highest BCUT2D eigenvalue weighted by atomic mass is 16.5. The van der Waals surface area contributed by atoms with Crippen molar-refractivity contribution < 1.29 is 14.3 Å². The first-order chi connectivity index (χ1) is 14.3. The zero-order valence-electron chi connectivity index (χ0n) is 17.6. The van der Waals surface area contributed by atoms with Gasteiger partial charge in [-0.15, -0.1) is 0 Å². The number of nitriles is 1. The standard InChI is InChI=1S/C23H30N4O3/c1-22(7-8-24,30-18-6-4-3-5-17(18)29-2)20(25)27-19-15-9-14-10-16(19)13-23(11-14,12-15)21(26)28/h3-6,14-16,19H,7,9-13H2,1-2H3,(H2,25,27)(H2,26,28). The predicted molar refractivity (Wildman–Crippen MR) is 113 cm³/mol. The summed E-state index contributed by atoms with van der Waals surface area (Å²) in [6, 6.07) is 9.53. The number of amidine groups is 1. The van der Waals surface area contributed by atoms with Gasteiger partial charge in [-0.25, -0.2) is 0 Å². The van der Waals surface area contributed by atoms with Gasteiger partial charge in [-0.2, -0.15) is 5.26 Å². The van der Waals surface area contributed by atoms with Crippen LogP contribution in [0.3, 0.4) is 0 Å². The SMILES string of the molecule is COc1ccccc1OC(C)(CC#N)C(N)=NC1C2CC3CC1CC(C(N)=O)(C3)C2. The molecule has 1 aromatic rings. The number of benzene rings is 1. The van der Waals surface area contributed by atoms with Crippen LogP contribution in [0.1, 0.15) is 45.4 Å². The zero-order chi connectivity index (χ0) is 21.5. The minimum atomic E-state index is -1.07. The van der Waals surface area contributed by atoms with Crippen molar-refractivity contribution in [1.82, 2.24) is 0 Å². The summed E-state index contributed by atoms with van der Waals surface area (Å²) in [5, 5.41) is 9.43. The number of amides is 1. The third-order valence-electron chi connectivity index (χ3n) is 7.40. The highest BCUT2D eigenvalue weighted by molar-refractivity contribution is 5.89. The van der Waals surface area contributed by atoms with Crippen molar-refractivity contribution in [3.05, 3.63) is 24.3 Å². The van der Waals surface area contributed by atoms with Gasteiger partial charge in [0.2, 0.25) is 5.91 Å². The van der Waals surface area contributed by atoms with E-state index in [1.54, 1.807) is 26.2 Å². The Kier molecular flexibility index (Phi) is 5.13. The first kappa shape index (κ1) is 20.5. The number of methoxy groups -OCH3 is 1. The minimum absolute atomic E-state index is 0.0494. The van der Waals surface area contributed by atoms with Crippen LogP contribution in [0.5, 0.6) is 11.5 Å². The van der Waals surface area contributed by atoms with E-state index >= 15 is 0 Å². The molecule has 0 spiro atoms. The molecule has 30 heavy (non-hydrogen) atoms. The fraction of sp³-hybridized carbons (Fsp3) is 0.609. The molecule has 4 bridgehead atoms. The Morgan fingerprint density at radius 2 is 1.87 bits per heavy atom. The van der Waals surface area contributed by atoms with Crippen LogP contribution in [0.25, 0.3) is 0 Å². The van der Waals surface area contributed by atoms with E-state index < -0.39 is 5.60 Å². The molecule has 0 aromatic heterocycles. The summed E-state index contributed by atoms with van der Waals surface area (Å²) < 4.78 is 11.6. The molecule has 160 valence electrons. The molecular weight excluding hydrogens is 380 g/mol. The van der Waals surface area contributed by atoms with E-state index in [0.29, 0.717) is 35.1 Å². The van der Waals surface area contributed by atoms with Crippen LogP contribution in [0.15, 0.2) is 29.3 Å². The normalized spacial score (nSPS) is 34.1. The van der Waals surface area contributed by atoms with E-state index in [4.69, 9.17) is 25.9 Å². The number of aliphatic imine (C=N–C) groups is 1. The van der Waals surface area contributed by atoms with Gasteiger partial charge in [0.1, 0.15) is 5.84 Å². The van der Waals surface area contributed by atoms with Crippen molar-refractivity contribution in [2.75, 3.05) is 7.11 Å². The summed E-state index contributed by atoms with van der Waals surface area (Å²) >= 11 is 0. The number of hydrogen-bond acceptors (Lipinski definition) is 5. The van der Waals surface area contributed by atoms with Crippen molar-refractivity contribution in [3.8, 4) is 17.6 Å². The Balaban J connectivity index is 1.61. The Bertz CT molecular complexity index is 892. The lowest BCUT2D eigenvalue weighted by Gasteiger charge is -2.57. The maximum atomic E-state index is 12.2. The number of primary amides is 1. The molecule has 4 aliphatic rings. The Morgan fingerprint density at radius 3 is 2.43 bits per heavy atom. The number of para-hydroxylation sites is 2. The third-order valence-corrected chi connectivity index (χ3v) is 7.40. The van der Waals surface area contributed by atoms with E-state index in [9.17, 15) is 10.1 Å². The number of hydrogen-bond donors (Lipinski definition) is 2. The Morgan fingerprint density at radius 1 is 1.23 bits per heavy atom. The lowest BCUT2D eigenvalue weighted by Crippen LogP contribution is -2.58. The lowest BCUT2D eigenvalue weighted by atomic mass is 9.48. The van der Waals surface area contributed by atoms with Crippen molar-refractivity contribution in [2.24, 2.45) is 39.6 Å². The van der Waals surface area contributed by atoms with Gasteiger partial charge in [0.05, 0.1) is 25.6 Å². The van der Waals surface area contributed by atoms with Gasteiger partial charge in [0.15, 0.2) is 17.1 Å². The van der Waals surface area contributed by atoms with Crippen LogP contribution in [0.4, 0.5) is 0 Å². The predicted octanol–water partition coefficient (Wildman–Crippen LogP) is 2.78. The van der Waals surface area contributed by atoms with Crippen LogP contribution >= 0.6 is 0 Å². The molecule has 1 aromatic carbocycles. The largest absolute Gasteiger partial charge is 0.493 e. The first-order valence-corrected chi connectivity index (χ1v) is 10.6. The average Bonchev–Trinajstić information content (AvgIpc) is 2.70. The number of carbonyl (C=O) groups is 1. The van der Waals surface area contributed by atoms with Crippen LogP contribution in [0.2, 0.25) is 0 Å². The van der Waals surface area contributed by atoms with Gasteiger partial charge in [0, 0.05) is 5.41 Å². The molecule has 4 N–H and O–H groups in total. The smallest absolute Gasteiger partial charge is 0.223 e. The summed E-state index contributed by atoms with van der Waals surface area (Å²) in [7, 11) is 1.57. The maximum Gasteiger partial charge on any atom is 0.223 e. The number of nitrogens with two attached hydrogens (primary N) is 2. The second-order valence-electron chi connectivity index (χ2n) is 9.44. The summed E-state index contributed by atoms with van der Waals surface area (Å²) in [4.78, 5) is 17.1. The quantitative estimate of drug-likeness (QED) is 0.528. The van der Waals surface area contributed by atoms with E-state index in [1.165, 1.54) is 0 Å². The fourth-order valence-electron chi connectivity index (χ4n) is 6.08. The maximum absolute atomic E-state index is 12.2. The van der Waals surface area contributed by atoms with E-state index in [2.05, 4.69) is 6.07 Å². The molecule has 0 saturated heterocycles. The molecule has 7 nitrogen and oxygen atoms in total. The highest BCUT2D eigenvalue weighted by Gasteiger charge is 2.58. The number of carbonyl (C=O) groups excluding carboxylic acids is 1. The molecule has 4 saturated carbocycles.